The van der Waals surface area contributed by atoms with Crippen molar-refractivity contribution in [3.8, 4) is 56.4 Å². The van der Waals surface area contributed by atoms with Crippen molar-refractivity contribution in [3.63, 3.8) is 0 Å². The summed E-state index contributed by atoms with van der Waals surface area (Å²) in [5, 5.41) is 2.62. The van der Waals surface area contributed by atoms with Crippen LogP contribution in [-0.2, 0) is 5.41 Å². The summed E-state index contributed by atoms with van der Waals surface area (Å²) in [6.07, 6.45) is 4.57. The summed E-state index contributed by atoms with van der Waals surface area (Å²) < 4.78 is 2.61. The zero-order chi connectivity index (χ0) is 38.2. The maximum Gasteiger partial charge on any atom is 0.164 e. The van der Waals surface area contributed by atoms with E-state index in [1.54, 1.807) is 0 Å². The lowest BCUT2D eigenvalue weighted by molar-refractivity contribution is 0.767. The first-order chi connectivity index (χ1) is 28.7. The predicted octanol–water partition coefficient (Wildman–Crippen LogP) is 13.8. The Bertz CT molecular complexity index is 3270. The Morgan fingerprint density at radius 1 is 0.328 bits per heavy atom. The third-order valence-corrected chi connectivity index (χ3v) is 13.1. The molecule has 0 aliphatic heterocycles. The average Bonchev–Trinajstić information content (AvgIpc) is 3.75. The molecule has 2 aliphatic carbocycles. The van der Waals surface area contributed by atoms with E-state index in [4.69, 9.17) is 15.0 Å². The van der Waals surface area contributed by atoms with Gasteiger partial charge in [-0.15, -0.1) is 11.3 Å². The monoisotopic (exact) mass is 755 g/mol. The molecule has 0 saturated carbocycles. The minimum absolute atomic E-state index is 0.590. The van der Waals surface area contributed by atoms with Crippen molar-refractivity contribution in [2.45, 2.75) is 5.41 Å². The summed E-state index contributed by atoms with van der Waals surface area (Å²) in [6.45, 7) is 0. The summed E-state index contributed by atoms with van der Waals surface area (Å²) >= 11 is 1.88. The zero-order valence-electron chi connectivity index (χ0n) is 31.3. The SMILES string of the molecule is C1=Cc2ccc(-c3nc(-c4ccccc4)nc(-c4ccc(-c5ccccc5)cc4)n3)cc2C2(c3ccccc31)c1ccccc1-c1cc3c(cc12)sc1ccccc13. The molecule has 270 valence electrons. The van der Waals surface area contributed by atoms with Gasteiger partial charge in [0.2, 0.25) is 0 Å². The predicted molar refractivity (Wildman–Crippen MR) is 241 cm³/mol. The van der Waals surface area contributed by atoms with Crippen LogP contribution in [0.2, 0.25) is 0 Å². The molecule has 0 fully saturated rings. The molecule has 2 aliphatic rings. The Hall–Kier alpha value is -7.27. The van der Waals surface area contributed by atoms with Crippen molar-refractivity contribution in [3.05, 3.63) is 221 Å². The van der Waals surface area contributed by atoms with Crippen LogP contribution in [-0.4, -0.2) is 15.0 Å². The van der Waals surface area contributed by atoms with Crippen LogP contribution in [0, 0.1) is 0 Å². The van der Waals surface area contributed by atoms with E-state index in [0.717, 1.165) is 22.3 Å². The molecule has 3 nitrogen and oxygen atoms in total. The third kappa shape index (κ3) is 4.95. The molecule has 1 unspecified atom stereocenters. The first-order valence-electron chi connectivity index (χ1n) is 19.7. The van der Waals surface area contributed by atoms with E-state index in [2.05, 4.69) is 176 Å². The fourth-order valence-corrected chi connectivity index (χ4v) is 10.5. The van der Waals surface area contributed by atoms with Crippen LogP contribution in [0.3, 0.4) is 0 Å². The summed E-state index contributed by atoms with van der Waals surface area (Å²) in [6, 6.07) is 67.7. The van der Waals surface area contributed by atoms with Crippen molar-refractivity contribution >= 4 is 43.7 Å². The minimum atomic E-state index is -0.590. The molecular weight excluding hydrogens is 723 g/mol. The second-order valence-corrected chi connectivity index (χ2v) is 16.2. The molecule has 2 heterocycles. The molecule has 2 aromatic heterocycles. The lowest BCUT2D eigenvalue weighted by Gasteiger charge is -2.35. The molecule has 0 radical (unpaired) electrons. The highest BCUT2D eigenvalue weighted by Crippen LogP contribution is 2.60. The topological polar surface area (TPSA) is 38.7 Å². The van der Waals surface area contributed by atoms with Gasteiger partial charge in [-0.25, -0.2) is 15.0 Å². The van der Waals surface area contributed by atoms with Crippen LogP contribution in [0.1, 0.15) is 33.4 Å². The Morgan fingerprint density at radius 3 is 1.66 bits per heavy atom. The summed E-state index contributed by atoms with van der Waals surface area (Å²) in [5.41, 5.74) is 14.6. The van der Waals surface area contributed by atoms with Crippen LogP contribution < -0.4 is 0 Å². The molecular formula is C54H33N3S. The van der Waals surface area contributed by atoms with Crippen molar-refractivity contribution in [1.82, 2.24) is 15.0 Å². The van der Waals surface area contributed by atoms with Gasteiger partial charge in [-0.1, -0.05) is 176 Å². The zero-order valence-corrected chi connectivity index (χ0v) is 32.1. The van der Waals surface area contributed by atoms with Crippen LogP contribution in [0.15, 0.2) is 188 Å². The molecule has 0 saturated heterocycles. The second-order valence-electron chi connectivity index (χ2n) is 15.1. The van der Waals surface area contributed by atoms with Gasteiger partial charge in [0, 0.05) is 36.9 Å². The summed E-state index contributed by atoms with van der Waals surface area (Å²) in [4.78, 5) is 15.5. The van der Waals surface area contributed by atoms with Gasteiger partial charge in [0.05, 0.1) is 5.41 Å². The Morgan fingerprint density at radius 2 is 0.879 bits per heavy atom. The summed E-state index contributed by atoms with van der Waals surface area (Å²) in [5.74, 6) is 1.93. The first-order valence-corrected chi connectivity index (χ1v) is 20.5. The lowest BCUT2D eigenvalue weighted by Crippen LogP contribution is -2.30. The Kier molecular flexibility index (Phi) is 7.31. The number of thiophene rings is 1. The molecule has 0 N–H and O–H groups in total. The van der Waals surface area contributed by atoms with Crippen LogP contribution in [0.5, 0.6) is 0 Å². The van der Waals surface area contributed by atoms with Crippen molar-refractivity contribution in [2.24, 2.45) is 0 Å². The van der Waals surface area contributed by atoms with Gasteiger partial charge in [0.1, 0.15) is 0 Å². The van der Waals surface area contributed by atoms with E-state index in [1.165, 1.54) is 70.2 Å². The van der Waals surface area contributed by atoms with Gasteiger partial charge in [-0.3, -0.25) is 0 Å². The lowest BCUT2D eigenvalue weighted by atomic mass is 9.65. The molecule has 8 aromatic carbocycles. The molecule has 0 bridgehead atoms. The molecule has 1 atom stereocenters. The molecule has 10 aromatic rings. The largest absolute Gasteiger partial charge is 0.208 e. The van der Waals surface area contributed by atoms with Gasteiger partial charge >= 0.3 is 0 Å². The minimum Gasteiger partial charge on any atom is -0.208 e. The first kappa shape index (κ1) is 32.9. The van der Waals surface area contributed by atoms with E-state index >= 15 is 0 Å². The van der Waals surface area contributed by atoms with E-state index in [1.807, 2.05) is 35.6 Å². The number of fused-ring (bicyclic) bond motifs is 12. The molecule has 58 heavy (non-hydrogen) atoms. The van der Waals surface area contributed by atoms with E-state index in [9.17, 15) is 0 Å². The van der Waals surface area contributed by atoms with Crippen LogP contribution in [0.25, 0.3) is 88.7 Å². The van der Waals surface area contributed by atoms with Crippen LogP contribution in [0.4, 0.5) is 0 Å². The Labute approximate surface area is 340 Å². The van der Waals surface area contributed by atoms with Crippen molar-refractivity contribution < 1.29 is 0 Å². The number of aromatic nitrogens is 3. The fourth-order valence-electron chi connectivity index (χ4n) is 9.34. The van der Waals surface area contributed by atoms with Gasteiger partial charge in [-0.2, -0.15) is 0 Å². The van der Waals surface area contributed by atoms with E-state index in [0.29, 0.717) is 17.5 Å². The van der Waals surface area contributed by atoms with E-state index < -0.39 is 5.41 Å². The van der Waals surface area contributed by atoms with Gasteiger partial charge in [0.25, 0.3) is 0 Å². The smallest absolute Gasteiger partial charge is 0.164 e. The highest BCUT2D eigenvalue weighted by molar-refractivity contribution is 7.25. The molecule has 12 rings (SSSR count). The maximum absolute atomic E-state index is 5.25. The number of hydrogen-bond donors (Lipinski definition) is 0. The number of hydrogen-bond acceptors (Lipinski definition) is 4. The van der Waals surface area contributed by atoms with Crippen molar-refractivity contribution in [1.29, 1.82) is 0 Å². The van der Waals surface area contributed by atoms with Crippen LogP contribution >= 0.6 is 11.3 Å². The quantitative estimate of drug-likeness (QED) is 0.180. The normalized spacial score (nSPS) is 14.9. The third-order valence-electron chi connectivity index (χ3n) is 12.0. The maximum atomic E-state index is 5.25. The Balaban J connectivity index is 1.11. The van der Waals surface area contributed by atoms with Gasteiger partial charge in [0.15, 0.2) is 17.5 Å². The van der Waals surface area contributed by atoms with Gasteiger partial charge < -0.3 is 0 Å². The van der Waals surface area contributed by atoms with E-state index in [-0.39, 0.29) is 0 Å². The fraction of sp³-hybridized carbons (Fsp3) is 0.0185. The average molecular weight is 756 g/mol. The highest BCUT2D eigenvalue weighted by atomic mass is 32.1. The molecule has 1 spiro atoms. The second kappa shape index (κ2) is 12.9. The summed E-state index contributed by atoms with van der Waals surface area (Å²) in [7, 11) is 0. The highest BCUT2D eigenvalue weighted by Gasteiger charge is 2.49. The molecule has 0 amide bonds. The van der Waals surface area contributed by atoms with Crippen molar-refractivity contribution in [2.75, 3.05) is 0 Å². The number of rotatable bonds is 4. The number of benzene rings is 8. The number of nitrogens with zero attached hydrogens (tertiary/aromatic N) is 3. The van der Waals surface area contributed by atoms with Gasteiger partial charge in [-0.05, 0) is 79.9 Å². The molecule has 4 heteroatoms. The standard InChI is InChI=1S/C54H33N3S/c1-3-13-34(14-4-1)35-23-28-39(29-24-35)52-55-51(38-16-5-2-6-17-38)56-53(57-52)40-30-27-37-26-25-36-15-7-10-20-45(36)54(47(37)31-40)46-21-11-8-18-41(46)43-32-44-42-19-9-12-22-49(42)58-50(44)33-48(43)54/h1-33H.